The van der Waals surface area contributed by atoms with Gasteiger partial charge in [-0.15, -0.1) is 0 Å². The van der Waals surface area contributed by atoms with Gasteiger partial charge >= 0.3 is 0 Å². The molecule has 55 heavy (non-hydrogen) atoms. The van der Waals surface area contributed by atoms with Gasteiger partial charge in [-0.25, -0.2) is 4.98 Å². The van der Waals surface area contributed by atoms with E-state index in [-0.39, 0.29) is 0 Å². The molecule has 6 heteroatoms. The van der Waals surface area contributed by atoms with E-state index in [0.29, 0.717) is 11.5 Å². The second kappa shape index (κ2) is 11.5. The van der Waals surface area contributed by atoms with Gasteiger partial charge in [0.1, 0.15) is 27.8 Å². The fourth-order valence-electron chi connectivity index (χ4n) is 8.47. The number of rotatable bonds is 5. The van der Waals surface area contributed by atoms with Gasteiger partial charge in [-0.05, 0) is 91.0 Å². The number of anilines is 3. The highest BCUT2D eigenvalue weighted by molar-refractivity contribution is 6.21. The van der Waals surface area contributed by atoms with E-state index in [1.807, 2.05) is 54.6 Å². The molecular formula is C49H29N3O3. The van der Waals surface area contributed by atoms with Crippen LogP contribution in [-0.4, -0.2) is 9.55 Å². The lowest BCUT2D eigenvalue weighted by molar-refractivity contribution is 0.622. The van der Waals surface area contributed by atoms with Gasteiger partial charge in [0.2, 0.25) is 5.89 Å². The third kappa shape index (κ3) is 4.39. The van der Waals surface area contributed by atoms with Gasteiger partial charge in [-0.2, -0.15) is 0 Å². The van der Waals surface area contributed by atoms with Crippen molar-refractivity contribution in [3.63, 3.8) is 0 Å². The van der Waals surface area contributed by atoms with Gasteiger partial charge in [-0.3, -0.25) is 0 Å². The second-order valence-corrected chi connectivity index (χ2v) is 13.9. The molecule has 0 aliphatic rings. The molecule has 12 aromatic rings. The standard InChI is InChI=1S/C49H29N3O3/c1-3-13-30(14-4-1)49-50-36-26-28-44-47(48(36)55-49)35-29-32(25-27-42(35)54-44)52(40-22-12-24-43-46(40)34-18-8-10-23-41(34)53-43)39-21-11-20-38-45(39)33-17-7-9-19-37(33)51(38)31-15-5-2-6-16-31/h1-29H. The highest BCUT2D eigenvalue weighted by atomic mass is 16.4. The van der Waals surface area contributed by atoms with E-state index in [0.717, 1.165) is 99.5 Å². The summed E-state index contributed by atoms with van der Waals surface area (Å²) in [5.74, 6) is 0.579. The van der Waals surface area contributed by atoms with E-state index in [9.17, 15) is 0 Å². The molecular weight excluding hydrogens is 679 g/mol. The number of hydrogen-bond acceptors (Lipinski definition) is 5. The Morgan fingerprint density at radius 3 is 1.93 bits per heavy atom. The number of hydrogen-bond donors (Lipinski definition) is 0. The van der Waals surface area contributed by atoms with Gasteiger partial charge < -0.3 is 22.7 Å². The summed E-state index contributed by atoms with van der Waals surface area (Å²) in [6, 6.07) is 60.9. The zero-order valence-electron chi connectivity index (χ0n) is 29.3. The zero-order valence-corrected chi connectivity index (χ0v) is 29.3. The fraction of sp³-hybridized carbons (Fsp3) is 0. The topological polar surface area (TPSA) is 60.5 Å². The molecule has 4 aromatic heterocycles. The number of benzene rings is 8. The Labute approximate surface area is 313 Å². The summed E-state index contributed by atoms with van der Waals surface area (Å²) in [5.41, 5.74) is 12.0. The van der Waals surface area contributed by atoms with E-state index in [1.165, 1.54) is 0 Å². The molecule has 0 saturated heterocycles. The van der Waals surface area contributed by atoms with E-state index in [1.54, 1.807) is 0 Å². The molecule has 0 amide bonds. The second-order valence-electron chi connectivity index (χ2n) is 13.9. The lowest BCUT2D eigenvalue weighted by Gasteiger charge is -2.27. The average Bonchev–Trinajstić information content (AvgIpc) is 4.02. The summed E-state index contributed by atoms with van der Waals surface area (Å²) in [5, 5.41) is 6.26. The van der Waals surface area contributed by atoms with E-state index in [2.05, 4.69) is 131 Å². The molecule has 0 bridgehead atoms. The molecule has 12 rings (SSSR count). The largest absolute Gasteiger partial charge is 0.456 e. The SMILES string of the molecule is c1ccc(-c2nc3ccc4oc5ccc(N(c6cccc7oc8ccccc8c67)c6cccc7c6c6ccccc6n7-c6ccccc6)cc5c4c3o2)cc1. The van der Waals surface area contributed by atoms with Crippen LogP contribution >= 0.6 is 0 Å². The maximum atomic E-state index is 6.55. The Balaban J connectivity index is 1.18. The molecule has 0 fully saturated rings. The lowest BCUT2D eigenvalue weighted by atomic mass is 10.0. The maximum Gasteiger partial charge on any atom is 0.227 e. The Hall–Kier alpha value is -7.57. The minimum absolute atomic E-state index is 0.579. The monoisotopic (exact) mass is 707 g/mol. The molecule has 4 heterocycles. The van der Waals surface area contributed by atoms with Crippen LogP contribution in [0.3, 0.4) is 0 Å². The van der Waals surface area contributed by atoms with Crippen molar-refractivity contribution >= 4 is 93.8 Å². The first-order valence-electron chi connectivity index (χ1n) is 18.4. The van der Waals surface area contributed by atoms with Gasteiger partial charge in [0.05, 0.1) is 33.2 Å². The van der Waals surface area contributed by atoms with Crippen LogP contribution in [0.1, 0.15) is 0 Å². The van der Waals surface area contributed by atoms with Crippen LogP contribution in [0.4, 0.5) is 17.1 Å². The predicted molar refractivity (Wildman–Crippen MR) is 223 cm³/mol. The summed E-state index contributed by atoms with van der Waals surface area (Å²) in [4.78, 5) is 7.27. The van der Waals surface area contributed by atoms with Crippen LogP contribution in [0.15, 0.2) is 189 Å². The van der Waals surface area contributed by atoms with Crippen molar-refractivity contribution in [3.05, 3.63) is 176 Å². The van der Waals surface area contributed by atoms with Gasteiger partial charge in [-0.1, -0.05) is 84.9 Å². The van der Waals surface area contributed by atoms with E-state index in [4.69, 9.17) is 18.2 Å². The van der Waals surface area contributed by atoms with Crippen LogP contribution in [0, 0.1) is 0 Å². The number of para-hydroxylation sites is 3. The van der Waals surface area contributed by atoms with Gasteiger partial charge in [0.15, 0.2) is 5.58 Å². The minimum Gasteiger partial charge on any atom is -0.456 e. The van der Waals surface area contributed by atoms with Crippen molar-refractivity contribution in [2.45, 2.75) is 0 Å². The fourth-order valence-corrected chi connectivity index (χ4v) is 8.47. The Morgan fingerprint density at radius 1 is 0.436 bits per heavy atom. The summed E-state index contributed by atoms with van der Waals surface area (Å²) >= 11 is 0. The lowest BCUT2D eigenvalue weighted by Crippen LogP contribution is -2.11. The smallest absolute Gasteiger partial charge is 0.227 e. The summed E-state index contributed by atoms with van der Waals surface area (Å²) in [6.45, 7) is 0. The number of fused-ring (bicyclic) bond motifs is 11. The van der Waals surface area contributed by atoms with E-state index >= 15 is 0 Å². The Bertz CT molecular complexity index is 3440. The minimum atomic E-state index is 0.579. The molecule has 0 atom stereocenters. The van der Waals surface area contributed by atoms with E-state index < -0.39 is 0 Å². The van der Waals surface area contributed by atoms with Gasteiger partial charge in [0.25, 0.3) is 0 Å². The van der Waals surface area contributed by atoms with Crippen molar-refractivity contribution in [2.75, 3.05) is 4.90 Å². The average molecular weight is 708 g/mol. The van der Waals surface area contributed by atoms with Crippen molar-refractivity contribution in [2.24, 2.45) is 0 Å². The van der Waals surface area contributed by atoms with Crippen LogP contribution in [-0.2, 0) is 0 Å². The molecule has 0 aliphatic carbocycles. The zero-order chi connectivity index (χ0) is 36.0. The number of oxazole rings is 1. The quantitative estimate of drug-likeness (QED) is 0.178. The van der Waals surface area contributed by atoms with Crippen molar-refractivity contribution in [1.82, 2.24) is 9.55 Å². The Morgan fingerprint density at radius 2 is 1.07 bits per heavy atom. The summed E-state index contributed by atoms with van der Waals surface area (Å²) in [7, 11) is 0. The van der Waals surface area contributed by atoms with Crippen LogP contribution in [0.5, 0.6) is 0 Å². The molecule has 0 radical (unpaired) electrons. The first kappa shape index (κ1) is 29.9. The highest BCUT2D eigenvalue weighted by Gasteiger charge is 2.25. The van der Waals surface area contributed by atoms with Crippen molar-refractivity contribution in [1.29, 1.82) is 0 Å². The molecule has 0 unspecified atom stereocenters. The summed E-state index contributed by atoms with van der Waals surface area (Å²) < 4.78 is 21.9. The van der Waals surface area contributed by atoms with Gasteiger partial charge in [0, 0.05) is 38.5 Å². The molecule has 0 N–H and O–H groups in total. The van der Waals surface area contributed by atoms with Crippen LogP contribution < -0.4 is 4.90 Å². The molecule has 6 nitrogen and oxygen atoms in total. The number of nitrogens with zero attached hydrogens (tertiary/aromatic N) is 3. The highest BCUT2D eigenvalue weighted by Crippen LogP contribution is 2.48. The molecule has 0 aliphatic heterocycles. The molecule has 0 saturated carbocycles. The first-order chi connectivity index (χ1) is 27.3. The number of furan rings is 2. The maximum absolute atomic E-state index is 6.55. The Kier molecular flexibility index (Phi) is 6.24. The summed E-state index contributed by atoms with van der Waals surface area (Å²) in [6.07, 6.45) is 0. The molecule has 0 spiro atoms. The molecule has 8 aromatic carbocycles. The third-order valence-corrected chi connectivity index (χ3v) is 10.8. The van der Waals surface area contributed by atoms with Crippen molar-refractivity contribution < 1.29 is 13.3 Å². The van der Waals surface area contributed by atoms with Crippen molar-refractivity contribution in [3.8, 4) is 17.1 Å². The normalized spacial score (nSPS) is 12.0. The van der Waals surface area contributed by atoms with Crippen LogP contribution in [0.2, 0.25) is 0 Å². The predicted octanol–water partition coefficient (Wildman–Crippen LogP) is 13.9. The molecule has 258 valence electrons. The third-order valence-electron chi connectivity index (χ3n) is 10.8. The van der Waals surface area contributed by atoms with Crippen LogP contribution in [0.25, 0.3) is 93.9 Å². The number of aromatic nitrogens is 2. The first-order valence-corrected chi connectivity index (χ1v) is 18.4.